The van der Waals surface area contributed by atoms with Gasteiger partial charge in [-0.25, -0.2) is 9.48 Å². The average molecular weight is 263 g/mol. The third-order valence-electron chi connectivity index (χ3n) is 4.47. The first-order valence-corrected chi connectivity index (χ1v) is 7.14. The lowest BCUT2D eigenvalue weighted by Crippen LogP contribution is -2.24. The molecule has 0 amide bonds. The number of rotatable bonds is 3. The Morgan fingerprint density at radius 2 is 2.00 bits per heavy atom. The van der Waals surface area contributed by atoms with Crippen LogP contribution in [0.25, 0.3) is 0 Å². The van der Waals surface area contributed by atoms with E-state index in [1.165, 1.54) is 19.3 Å². The van der Waals surface area contributed by atoms with Gasteiger partial charge in [-0.3, -0.25) is 0 Å². The van der Waals surface area contributed by atoms with Crippen molar-refractivity contribution < 1.29 is 9.90 Å². The fourth-order valence-electron chi connectivity index (χ4n) is 3.53. The smallest absolute Gasteiger partial charge is 0.356 e. The molecule has 0 bridgehead atoms. The highest BCUT2D eigenvalue weighted by Gasteiger charge is 2.37. The minimum Gasteiger partial charge on any atom is -0.476 e. The van der Waals surface area contributed by atoms with Gasteiger partial charge in [0.25, 0.3) is 0 Å². The van der Waals surface area contributed by atoms with Crippen molar-refractivity contribution in [3.63, 3.8) is 0 Å². The van der Waals surface area contributed by atoms with E-state index in [0.717, 1.165) is 30.7 Å². The number of carboxylic acid groups (broad SMARTS) is 1. The summed E-state index contributed by atoms with van der Waals surface area (Å²) in [7, 11) is 0. The topological polar surface area (TPSA) is 58.4 Å². The molecule has 19 heavy (non-hydrogen) atoms. The van der Waals surface area contributed by atoms with Gasteiger partial charge in [0.05, 0.1) is 0 Å². The molecule has 3 rings (SSSR count). The van der Waals surface area contributed by atoms with E-state index in [2.05, 4.69) is 10.00 Å². The minimum absolute atomic E-state index is 0.153. The van der Waals surface area contributed by atoms with E-state index in [4.69, 9.17) is 5.11 Å². The second-order valence-corrected chi connectivity index (χ2v) is 6.09. The van der Waals surface area contributed by atoms with Gasteiger partial charge in [-0.05, 0) is 38.5 Å². The van der Waals surface area contributed by atoms with Crippen molar-refractivity contribution in [3.05, 3.63) is 11.8 Å². The first-order chi connectivity index (χ1) is 9.06. The van der Waals surface area contributed by atoms with E-state index in [-0.39, 0.29) is 11.7 Å². The molecule has 1 saturated heterocycles. The Labute approximate surface area is 113 Å². The van der Waals surface area contributed by atoms with Crippen LogP contribution in [0.3, 0.4) is 0 Å². The van der Waals surface area contributed by atoms with E-state index in [9.17, 15) is 4.79 Å². The maximum atomic E-state index is 11.1. The monoisotopic (exact) mass is 263 g/mol. The lowest BCUT2D eigenvalue weighted by Gasteiger charge is -2.22. The van der Waals surface area contributed by atoms with Crippen molar-refractivity contribution in [1.82, 2.24) is 9.78 Å². The summed E-state index contributed by atoms with van der Waals surface area (Å²) in [5, 5.41) is 13.3. The molecule has 1 aliphatic carbocycles. The van der Waals surface area contributed by atoms with Crippen LogP contribution in [0.1, 0.15) is 49.6 Å². The van der Waals surface area contributed by atoms with Gasteiger partial charge in [0.1, 0.15) is 5.82 Å². The van der Waals surface area contributed by atoms with Crippen LogP contribution in [0.4, 0.5) is 5.82 Å². The maximum Gasteiger partial charge on any atom is 0.356 e. The third kappa shape index (κ3) is 2.11. The third-order valence-corrected chi connectivity index (χ3v) is 4.47. The molecule has 0 radical (unpaired) electrons. The predicted molar refractivity (Wildman–Crippen MR) is 72.6 cm³/mol. The van der Waals surface area contributed by atoms with Crippen LogP contribution in [0.15, 0.2) is 6.07 Å². The minimum atomic E-state index is -0.944. The van der Waals surface area contributed by atoms with Crippen LogP contribution in [-0.2, 0) is 0 Å². The number of aromatic carboxylic acids is 1. The van der Waals surface area contributed by atoms with Crippen molar-refractivity contribution in [2.24, 2.45) is 11.8 Å². The number of fused-ring (bicyclic) bond motifs is 1. The number of anilines is 1. The number of hydrogen-bond acceptors (Lipinski definition) is 3. The van der Waals surface area contributed by atoms with Crippen LogP contribution < -0.4 is 4.90 Å². The highest BCUT2D eigenvalue weighted by atomic mass is 16.4. The zero-order chi connectivity index (χ0) is 13.6. The van der Waals surface area contributed by atoms with Crippen molar-refractivity contribution in [3.8, 4) is 0 Å². The summed E-state index contributed by atoms with van der Waals surface area (Å²) in [6.45, 7) is 6.20. The Bertz CT molecular complexity index is 483. The number of aromatic nitrogens is 2. The summed E-state index contributed by atoms with van der Waals surface area (Å²) >= 11 is 0. The fourth-order valence-corrected chi connectivity index (χ4v) is 3.53. The molecule has 1 aromatic heterocycles. The molecule has 5 nitrogen and oxygen atoms in total. The van der Waals surface area contributed by atoms with Crippen LogP contribution in [0, 0.1) is 11.8 Å². The first-order valence-electron chi connectivity index (χ1n) is 7.14. The van der Waals surface area contributed by atoms with Gasteiger partial charge < -0.3 is 10.0 Å². The fraction of sp³-hybridized carbons (Fsp3) is 0.714. The molecule has 2 fully saturated rings. The SMILES string of the molecule is CC(C)n1nc(C(=O)O)cc1N1C[C@H]2CCC[C@H]2C1. The molecule has 1 aliphatic heterocycles. The summed E-state index contributed by atoms with van der Waals surface area (Å²) in [6, 6.07) is 1.91. The summed E-state index contributed by atoms with van der Waals surface area (Å²) in [4.78, 5) is 13.4. The van der Waals surface area contributed by atoms with E-state index in [0.29, 0.717) is 0 Å². The largest absolute Gasteiger partial charge is 0.476 e. The Hall–Kier alpha value is -1.52. The molecule has 1 aromatic rings. The van der Waals surface area contributed by atoms with Crippen LogP contribution >= 0.6 is 0 Å². The summed E-state index contributed by atoms with van der Waals surface area (Å²) in [5.74, 6) is 1.62. The molecule has 0 aromatic carbocycles. The van der Waals surface area contributed by atoms with E-state index >= 15 is 0 Å². The van der Waals surface area contributed by atoms with Crippen molar-refractivity contribution in [2.75, 3.05) is 18.0 Å². The second-order valence-electron chi connectivity index (χ2n) is 6.09. The van der Waals surface area contributed by atoms with Gasteiger partial charge in [0.15, 0.2) is 5.69 Å². The summed E-state index contributed by atoms with van der Waals surface area (Å²) in [5.41, 5.74) is 0.153. The molecular weight excluding hydrogens is 242 g/mol. The van der Waals surface area contributed by atoms with Gasteiger partial charge in [0, 0.05) is 25.2 Å². The van der Waals surface area contributed by atoms with Crippen LogP contribution in [0.2, 0.25) is 0 Å². The van der Waals surface area contributed by atoms with E-state index in [1.54, 1.807) is 6.07 Å². The Morgan fingerprint density at radius 1 is 1.37 bits per heavy atom. The molecule has 2 heterocycles. The molecule has 2 aliphatic rings. The number of nitrogens with zero attached hydrogens (tertiary/aromatic N) is 3. The Kier molecular flexibility index (Phi) is 2.99. The lowest BCUT2D eigenvalue weighted by molar-refractivity contribution is 0.0689. The van der Waals surface area contributed by atoms with Crippen molar-refractivity contribution >= 4 is 11.8 Å². The van der Waals surface area contributed by atoms with Gasteiger partial charge >= 0.3 is 5.97 Å². The zero-order valence-corrected chi connectivity index (χ0v) is 11.5. The molecule has 1 N–H and O–H groups in total. The maximum absolute atomic E-state index is 11.1. The summed E-state index contributed by atoms with van der Waals surface area (Å²) < 4.78 is 1.85. The highest BCUT2D eigenvalue weighted by molar-refractivity contribution is 5.86. The van der Waals surface area contributed by atoms with Crippen molar-refractivity contribution in [1.29, 1.82) is 0 Å². The zero-order valence-electron chi connectivity index (χ0n) is 11.5. The number of hydrogen-bond donors (Lipinski definition) is 1. The van der Waals surface area contributed by atoms with E-state index < -0.39 is 5.97 Å². The average Bonchev–Trinajstić information content (AvgIpc) is 3.01. The van der Waals surface area contributed by atoms with Gasteiger partial charge in [-0.1, -0.05) is 6.42 Å². The molecule has 2 atom stereocenters. The molecule has 1 saturated carbocycles. The normalized spacial score (nSPS) is 26.2. The van der Waals surface area contributed by atoms with Crippen molar-refractivity contribution in [2.45, 2.75) is 39.2 Å². The molecule has 0 unspecified atom stereocenters. The first kappa shape index (κ1) is 12.5. The van der Waals surface area contributed by atoms with Gasteiger partial charge in [-0.15, -0.1) is 0 Å². The molecule has 5 heteroatoms. The van der Waals surface area contributed by atoms with Crippen LogP contribution in [-0.4, -0.2) is 33.9 Å². The summed E-state index contributed by atoms with van der Waals surface area (Å²) in [6.07, 6.45) is 4.00. The van der Waals surface area contributed by atoms with Crippen LogP contribution in [0.5, 0.6) is 0 Å². The van der Waals surface area contributed by atoms with Gasteiger partial charge in [-0.2, -0.15) is 5.10 Å². The predicted octanol–water partition coefficient (Wildman–Crippen LogP) is 2.40. The highest BCUT2D eigenvalue weighted by Crippen LogP contribution is 2.40. The number of carboxylic acids is 1. The second kappa shape index (κ2) is 4.54. The Balaban J connectivity index is 1.89. The Morgan fingerprint density at radius 3 is 2.53 bits per heavy atom. The molecule has 0 spiro atoms. The number of carbonyl (C=O) groups is 1. The quantitative estimate of drug-likeness (QED) is 0.909. The molecular formula is C14H21N3O2. The van der Waals surface area contributed by atoms with Gasteiger partial charge in [0.2, 0.25) is 0 Å². The lowest BCUT2D eigenvalue weighted by atomic mass is 10.0. The standard InChI is InChI=1S/C14H21N3O2/c1-9(2)17-13(6-12(15-17)14(18)19)16-7-10-4-3-5-11(10)8-16/h6,9-11H,3-5,7-8H2,1-2H3,(H,18,19)/t10-,11+. The van der Waals surface area contributed by atoms with E-state index in [1.807, 2.05) is 18.5 Å². The molecule has 104 valence electrons.